The number of fused-ring (bicyclic) bond motifs is 7. The Morgan fingerprint density at radius 3 is 1.60 bits per heavy atom. The molecule has 2 aromatic heterocycles. The molecule has 0 saturated carbocycles. The number of para-hydroxylation sites is 3. The van der Waals surface area contributed by atoms with Crippen molar-refractivity contribution >= 4 is 61.1 Å². The highest BCUT2D eigenvalue weighted by Crippen LogP contribution is 2.40. The molecular weight excluding hydrogens is 556 g/mol. The second-order valence-corrected chi connectivity index (χ2v) is 11.2. The van der Waals surface area contributed by atoms with E-state index in [4.69, 9.17) is 0 Å². The van der Waals surface area contributed by atoms with Crippen LogP contribution in [0, 0.1) is 11.3 Å². The maximum Gasteiger partial charge on any atom is 0.266 e. The van der Waals surface area contributed by atoms with Crippen molar-refractivity contribution in [1.29, 1.82) is 5.26 Å². The van der Waals surface area contributed by atoms with E-state index in [1.807, 2.05) is 36.4 Å². The topological polar surface area (TPSA) is 71.0 Å². The van der Waals surface area contributed by atoms with Crippen molar-refractivity contribution in [2.45, 2.75) is 0 Å². The summed E-state index contributed by atoms with van der Waals surface area (Å²) in [5, 5.41) is 14.5. The summed E-state index contributed by atoms with van der Waals surface area (Å²) in [7, 11) is 0. The first kappa shape index (κ1) is 25.1. The van der Waals surface area contributed by atoms with Crippen LogP contribution in [0.2, 0.25) is 0 Å². The number of amides is 2. The van der Waals surface area contributed by atoms with E-state index in [-0.39, 0.29) is 11.3 Å². The predicted octanol–water partition coefficient (Wildman–Crippen LogP) is 8.55. The molecule has 0 unspecified atom stereocenters. The van der Waals surface area contributed by atoms with Gasteiger partial charge in [-0.15, -0.1) is 0 Å². The molecule has 0 aliphatic carbocycles. The molecule has 8 aromatic rings. The fourth-order valence-corrected chi connectivity index (χ4v) is 6.91. The van der Waals surface area contributed by atoms with Crippen molar-refractivity contribution < 1.29 is 9.59 Å². The van der Waals surface area contributed by atoms with E-state index in [0.717, 1.165) is 54.5 Å². The Morgan fingerprint density at radius 2 is 1.00 bits per heavy atom. The molecule has 6 aromatic carbocycles. The minimum atomic E-state index is -0.430. The first-order valence-electron chi connectivity index (χ1n) is 14.7. The van der Waals surface area contributed by atoms with Crippen molar-refractivity contribution in [3.63, 3.8) is 0 Å². The van der Waals surface area contributed by atoms with Gasteiger partial charge in [0.2, 0.25) is 0 Å². The zero-order chi connectivity index (χ0) is 30.2. The molecule has 0 saturated heterocycles. The van der Waals surface area contributed by atoms with E-state index in [1.165, 1.54) is 5.39 Å². The van der Waals surface area contributed by atoms with Crippen molar-refractivity contribution in [2.24, 2.45) is 0 Å². The third-order valence-electron chi connectivity index (χ3n) is 8.88. The van der Waals surface area contributed by atoms with Crippen LogP contribution in [0.5, 0.6) is 0 Å². The number of carbonyl (C=O) groups is 2. The highest BCUT2D eigenvalue weighted by molar-refractivity contribution is 6.34. The molecule has 0 spiro atoms. The lowest BCUT2D eigenvalue weighted by atomic mass is 10.1. The third kappa shape index (κ3) is 3.43. The number of nitriles is 1. The summed E-state index contributed by atoms with van der Waals surface area (Å²) in [4.78, 5) is 28.1. The largest absolute Gasteiger partial charge is 0.309 e. The second kappa shape index (κ2) is 9.27. The molecule has 6 nitrogen and oxygen atoms in total. The molecule has 210 valence electrons. The molecule has 45 heavy (non-hydrogen) atoms. The first-order chi connectivity index (χ1) is 22.1. The fraction of sp³-hybridized carbons (Fsp3) is 0. The fourth-order valence-electron chi connectivity index (χ4n) is 6.91. The molecule has 6 heteroatoms. The molecular formula is C39H22N4O2. The van der Waals surface area contributed by atoms with E-state index in [0.29, 0.717) is 11.1 Å². The Morgan fingerprint density at radius 1 is 0.467 bits per heavy atom. The van der Waals surface area contributed by atoms with Gasteiger partial charge in [0.15, 0.2) is 0 Å². The Hall–Kier alpha value is -6.45. The van der Waals surface area contributed by atoms with Gasteiger partial charge in [-0.05, 0) is 66.7 Å². The lowest BCUT2D eigenvalue weighted by Crippen LogP contribution is -2.30. The van der Waals surface area contributed by atoms with Gasteiger partial charge in [0, 0.05) is 32.9 Å². The van der Waals surface area contributed by atoms with Gasteiger partial charge in [-0.25, -0.2) is 4.90 Å². The van der Waals surface area contributed by atoms with Crippen LogP contribution in [-0.2, 0) is 0 Å². The van der Waals surface area contributed by atoms with Crippen LogP contribution in [0.25, 0.3) is 55.0 Å². The Kier molecular flexibility index (Phi) is 5.17. The van der Waals surface area contributed by atoms with Crippen molar-refractivity contribution in [2.75, 3.05) is 4.90 Å². The molecule has 0 radical (unpaired) electrons. The van der Waals surface area contributed by atoms with Gasteiger partial charge in [0.1, 0.15) is 6.07 Å². The van der Waals surface area contributed by atoms with Gasteiger partial charge in [0.05, 0.1) is 44.4 Å². The Balaban J connectivity index is 1.35. The molecule has 3 heterocycles. The number of hydrogen-bond acceptors (Lipinski definition) is 3. The SMILES string of the molecule is N#Cc1ccc(-n2c3ccccc3c3cc4c5ccccc5n(-c5ccccc5)c4cc32)cc1N1C(=O)c2ccccc2C1=O. The molecule has 1 aliphatic rings. The highest BCUT2D eigenvalue weighted by Gasteiger charge is 2.37. The molecule has 0 N–H and O–H groups in total. The van der Waals surface area contributed by atoms with Crippen molar-refractivity contribution in [3.8, 4) is 17.4 Å². The average molecular weight is 579 g/mol. The number of hydrogen-bond donors (Lipinski definition) is 0. The standard InChI is InChI=1S/C39H22N4O2/c40-23-24-18-19-26(20-35(24)43-38(44)29-14-4-5-15-30(29)39(43)45)42-34-17-9-7-13-28(34)32-21-31-27-12-6-8-16-33(27)41(36(31)22-37(32)42)25-10-2-1-3-11-25/h1-22H. The third-order valence-corrected chi connectivity index (χ3v) is 8.88. The second-order valence-electron chi connectivity index (χ2n) is 11.2. The number of anilines is 1. The molecule has 1 aliphatic heterocycles. The van der Waals surface area contributed by atoms with Crippen LogP contribution in [0.15, 0.2) is 133 Å². The Bertz CT molecular complexity index is 2570. The summed E-state index contributed by atoms with van der Waals surface area (Å²) >= 11 is 0. The first-order valence-corrected chi connectivity index (χ1v) is 14.7. The maximum absolute atomic E-state index is 13.5. The normalized spacial score (nSPS) is 12.9. The number of carbonyl (C=O) groups excluding carboxylic acids is 2. The zero-order valence-corrected chi connectivity index (χ0v) is 23.8. The van der Waals surface area contributed by atoms with Crippen LogP contribution in [0.4, 0.5) is 5.69 Å². The zero-order valence-electron chi connectivity index (χ0n) is 23.8. The smallest absolute Gasteiger partial charge is 0.266 e. The van der Waals surface area contributed by atoms with E-state index in [2.05, 4.69) is 75.9 Å². The van der Waals surface area contributed by atoms with Crippen LogP contribution >= 0.6 is 0 Å². The van der Waals surface area contributed by atoms with Crippen LogP contribution in [-0.4, -0.2) is 20.9 Å². The van der Waals surface area contributed by atoms with Gasteiger partial charge in [0.25, 0.3) is 11.8 Å². The summed E-state index contributed by atoms with van der Waals surface area (Å²) < 4.78 is 4.44. The average Bonchev–Trinajstić information content (AvgIpc) is 3.68. The summed E-state index contributed by atoms with van der Waals surface area (Å²) in [5.41, 5.74) is 7.14. The van der Waals surface area contributed by atoms with Gasteiger partial charge in [-0.2, -0.15) is 5.26 Å². The maximum atomic E-state index is 13.5. The van der Waals surface area contributed by atoms with E-state index in [1.54, 1.807) is 36.4 Å². The molecule has 9 rings (SSSR count). The molecule has 2 amide bonds. The van der Waals surface area contributed by atoms with Gasteiger partial charge < -0.3 is 9.13 Å². The van der Waals surface area contributed by atoms with Crippen LogP contribution in [0.3, 0.4) is 0 Å². The van der Waals surface area contributed by atoms with Gasteiger partial charge in [-0.1, -0.05) is 66.7 Å². The minimum absolute atomic E-state index is 0.251. The number of nitrogens with zero attached hydrogens (tertiary/aromatic N) is 4. The lowest BCUT2D eigenvalue weighted by Gasteiger charge is -2.18. The molecule has 0 fully saturated rings. The predicted molar refractivity (Wildman–Crippen MR) is 177 cm³/mol. The summed E-state index contributed by atoms with van der Waals surface area (Å²) in [6, 6.07) is 45.8. The van der Waals surface area contributed by atoms with E-state index < -0.39 is 11.8 Å². The minimum Gasteiger partial charge on any atom is -0.309 e. The quantitative estimate of drug-likeness (QED) is 0.197. The number of benzene rings is 6. The van der Waals surface area contributed by atoms with Crippen LogP contribution in [0.1, 0.15) is 26.3 Å². The van der Waals surface area contributed by atoms with E-state index >= 15 is 0 Å². The van der Waals surface area contributed by atoms with Gasteiger partial charge >= 0.3 is 0 Å². The monoisotopic (exact) mass is 578 g/mol. The molecule has 0 bridgehead atoms. The van der Waals surface area contributed by atoms with Gasteiger partial charge in [-0.3, -0.25) is 9.59 Å². The van der Waals surface area contributed by atoms with Crippen molar-refractivity contribution in [1.82, 2.24) is 9.13 Å². The van der Waals surface area contributed by atoms with E-state index in [9.17, 15) is 14.9 Å². The Labute approximate surface area is 257 Å². The number of aromatic nitrogens is 2. The summed E-state index contributed by atoms with van der Waals surface area (Å²) in [6.45, 7) is 0. The summed E-state index contributed by atoms with van der Waals surface area (Å²) in [6.07, 6.45) is 0. The summed E-state index contributed by atoms with van der Waals surface area (Å²) in [5.74, 6) is -0.860. The van der Waals surface area contributed by atoms with Crippen molar-refractivity contribution in [3.05, 3.63) is 150 Å². The number of rotatable bonds is 3. The lowest BCUT2D eigenvalue weighted by molar-refractivity contribution is 0.0926. The van der Waals surface area contributed by atoms with Crippen LogP contribution < -0.4 is 4.90 Å². The highest BCUT2D eigenvalue weighted by atomic mass is 16.2. The molecule has 0 atom stereocenters. The number of imide groups is 1.